The van der Waals surface area contributed by atoms with Crippen LogP contribution >= 0.6 is 34.5 Å². The fraction of sp³-hybridized carbons (Fsp3) is 0.167. The Hall–Kier alpha value is -1.14. The molecule has 0 saturated carbocycles. The van der Waals surface area contributed by atoms with Gasteiger partial charge in [0.1, 0.15) is 0 Å². The summed E-state index contributed by atoms with van der Waals surface area (Å²) in [4.78, 5) is 11.3. The van der Waals surface area contributed by atoms with E-state index in [4.69, 9.17) is 23.2 Å². The first-order chi connectivity index (χ1) is 9.06. The number of rotatable bonds is 5. The van der Waals surface area contributed by atoms with E-state index in [0.29, 0.717) is 18.1 Å². The molecule has 0 aliphatic rings. The Morgan fingerprint density at radius 2 is 2.00 bits per heavy atom. The molecule has 1 aromatic heterocycles. The number of halogens is 2. The third-order valence-corrected chi connectivity index (χ3v) is 4.07. The van der Waals surface area contributed by atoms with Gasteiger partial charge in [0.05, 0.1) is 14.3 Å². The molecule has 0 fully saturated rings. The minimum absolute atomic E-state index is 0.00112. The number of nitro benzene ring substituents is 1. The predicted octanol–water partition coefficient (Wildman–Crippen LogP) is 4.25. The number of nitrogens with one attached hydrogen (secondary N) is 1. The molecule has 0 atom stereocenters. The van der Waals surface area contributed by atoms with Crippen LogP contribution in [0.2, 0.25) is 9.36 Å². The predicted molar refractivity (Wildman–Crippen MR) is 78.0 cm³/mol. The third-order valence-electron chi connectivity index (χ3n) is 2.49. The molecule has 4 nitrogen and oxygen atoms in total. The molecule has 0 amide bonds. The summed E-state index contributed by atoms with van der Waals surface area (Å²) in [6, 6.07) is 8.28. The molecule has 1 heterocycles. The third kappa shape index (κ3) is 3.91. The summed E-state index contributed by atoms with van der Waals surface area (Å²) >= 11 is 13.3. The van der Waals surface area contributed by atoms with Crippen molar-refractivity contribution < 1.29 is 4.92 Å². The van der Waals surface area contributed by atoms with Crippen LogP contribution in [0.25, 0.3) is 0 Å². The Bertz CT molecular complexity index is 601. The standard InChI is InChI=1S/C12H10Cl2N2O2S/c13-11-5-9(16(17)18)2-1-8(11)6-15-7-10-3-4-12(14)19-10/h1-5,15H,6-7H2. The zero-order chi connectivity index (χ0) is 13.8. The maximum atomic E-state index is 10.6. The summed E-state index contributed by atoms with van der Waals surface area (Å²) in [5.41, 5.74) is 0.828. The van der Waals surface area contributed by atoms with Crippen molar-refractivity contribution in [2.24, 2.45) is 0 Å². The lowest BCUT2D eigenvalue weighted by atomic mass is 10.2. The lowest BCUT2D eigenvalue weighted by Crippen LogP contribution is -2.12. The van der Waals surface area contributed by atoms with E-state index in [1.807, 2.05) is 12.1 Å². The van der Waals surface area contributed by atoms with Gasteiger partial charge in [-0.05, 0) is 23.8 Å². The molecule has 0 aliphatic heterocycles. The Morgan fingerprint density at radius 1 is 1.21 bits per heavy atom. The van der Waals surface area contributed by atoms with E-state index >= 15 is 0 Å². The zero-order valence-corrected chi connectivity index (χ0v) is 12.1. The molecule has 0 spiro atoms. The minimum Gasteiger partial charge on any atom is -0.308 e. The van der Waals surface area contributed by atoms with Gasteiger partial charge in [0.15, 0.2) is 0 Å². The molecular formula is C12H10Cl2N2O2S. The topological polar surface area (TPSA) is 55.2 Å². The van der Waals surface area contributed by atoms with Crippen LogP contribution in [0.3, 0.4) is 0 Å². The maximum Gasteiger partial charge on any atom is 0.270 e. The van der Waals surface area contributed by atoms with Crippen LogP contribution in [-0.4, -0.2) is 4.92 Å². The van der Waals surface area contributed by atoms with Crippen LogP contribution in [0.5, 0.6) is 0 Å². The van der Waals surface area contributed by atoms with Crippen LogP contribution in [0.1, 0.15) is 10.4 Å². The lowest BCUT2D eigenvalue weighted by molar-refractivity contribution is -0.384. The van der Waals surface area contributed by atoms with Gasteiger partial charge in [-0.25, -0.2) is 0 Å². The van der Waals surface area contributed by atoms with Gasteiger partial charge in [-0.3, -0.25) is 10.1 Å². The fourth-order valence-corrected chi connectivity index (χ4v) is 2.86. The van der Waals surface area contributed by atoms with Gasteiger partial charge in [0.2, 0.25) is 0 Å². The van der Waals surface area contributed by atoms with E-state index in [-0.39, 0.29) is 5.69 Å². The number of hydrogen-bond donors (Lipinski definition) is 1. The highest BCUT2D eigenvalue weighted by molar-refractivity contribution is 7.16. The first-order valence-electron chi connectivity index (χ1n) is 5.44. The summed E-state index contributed by atoms with van der Waals surface area (Å²) in [6.07, 6.45) is 0. The quantitative estimate of drug-likeness (QED) is 0.662. The second-order valence-electron chi connectivity index (χ2n) is 3.84. The van der Waals surface area contributed by atoms with Gasteiger partial charge >= 0.3 is 0 Å². The van der Waals surface area contributed by atoms with Gasteiger partial charge in [0, 0.05) is 30.1 Å². The molecule has 19 heavy (non-hydrogen) atoms. The Labute approximate surface area is 124 Å². The molecule has 0 radical (unpaired) electrons. The molecule has 2 rings (SSSR count). The van der Waals surface area contributed by atoms with Gasteiger partial charge in [-0.1, -0.05) is 23.2 Å². The van der Waals surface area contributed by atoms with E-state index in [9.17, 15) is 10.1 Å². The average Bonchev–Trinajstić information content (AvgIpc) is 2.77. The minimum atomic E-state index is -0.462. The Morgan fingerprint density at radius 3 is 2.58 bits per heavy atom. The summed E-state index contributed by atoms with van der Waals surface area (Å²) in [6.45, 7) is 1.23. The summed E-state index contributed by atoms with van der Waals surface area (Å²) in [5.74, 6) is 0. The molecule has 2 aromatic rings. The normalized spacial score (nSPS) is 10.6. The smallest absolute Gasteiger partial charge is 0.270 e. The Balaban J connectivity index is 1.94. The van der Waals surface area contributed by atoms with Crippen LogP contribution in [0.15, 0.2) is 30.3 Å². The van der Waals surface area contributed by atoms with E-state index in [1.165, 1.54) is 23.5 Å². The van der Waals surface area contributed by atoms with Crippen molar-refractivity contribution in [2.75, 3.05) is 0 Å². The number of non-ortho nitro benzene ring substituents is 1. The van der Waals surface area contributed by atoms with E-state index < -0.39 is 4.92 Å². The number of benzene rings is 1. The summed E-state index contributed by atoms with van der Waals surface area (Å²) in [7, 11) is 0. The number of nitrogens with zero attached hydrogens (tertiary/aromatic N) is 1. The highest BCUT2D eigenvalue weighted by Gasteiger charge is 2.09. The fourth-order valence-electron chi connectivity index (χ4n) is 1.56. The van der Waals surface area contributed by atoms with Crippen molar-refractivity contribution in [1.29, 1.82) is 0 Å². The summed E-state index contributed by atoms with van der Waals surface area (Å²) < 4.78 is 0.755. The maximum absolute atomic E-state index is 10.6. The van der Waals surface area contributed by atoms with Crippen molar-refractivity contribution in [1.82, 2.24) is 5.32 Å². The second-order valence-corrected chi connectivity index (χ2v) is 6.05. The molecule has 0 aliphatic carbocycles. The second kappa shape index (κ2) is 6.34. The number of nitro groups is 1. The highest BCUT2D eigenvalue weighted by atomic mass is 35.5. The average molecular weight is 317 g/mol. The monoisotopic (exact) mass is 316 g/mol. The van der Waals surface area contributed by atoms with Gasteiger partial charge in [0.25, 0.3) is 5.69 Å². The lowest BCUT2D eigenvalue weighted by Gasteiger charge is -2.05. The van der Waals surface area contributed by atoms with Crippen LogP contribution < -0.4 is 5.32 Å². The zero-order valence-electron chi connectivity index (χ0n) is 9.73. The molecule has 0 bridgehead atoms. The van der Waals surface area contributed by atoms with E-state index in [1.54, 1.807) is 6.07 Å². The van der Waals surface area contributed by atoms with Crippen LogP contribution in [0, 0.1) is 10.1 Å². The van der Waals surface area contributed by atoms with Gasteiger partial charge < -0.3 is 5.32 Å². The van der Waals surface area contributed by atoms with Crippen molar-refractivity contribution in [3.05, 3.63) is 60.2 Å². The Kier molecular flexibility index (Phi) is 4.76. The molecule has 0 saturated heterocycles. The first kappa shape index (κ1) is 14.3. The van der Waals surface area contributed by atoms with Crippen molar-refractivity contribution in [3.8, 4) is 0 Å². The van der Waals surface area contributed by atoms with Gasteiger partial charge in [-0.15, -0.1) is 11.3 Å². The number of hydrogen-bond acceptors (Lipinski definition) is 4. The van der Waals surface area contributed by atoms with Crippen molar-refractivity contribution >= 4 is 40.2 Å². The highest BCUT2D eigenvalue weighted by Crippen LogP contribution is 2.23. The largest absolute Gasteiger partial charge is 0.308 e. The van der Waals surface area contributed by atoms with E-state index in [0.717, 1.165) is 14.8 Å². The molecule has 1 N–H and O–H groups in total. The first-order valence-corrected chi connectivity index (χ1v) is 7.01. The van der Waals surface area contributed by atoms with Crippen LogP contribution in [-0.2, 0) is 13.1 Å². The molecular weight excluding hydrogens is 307 g/mol. The summed E-state index contributed by atoms with van der Waals surface area (Å²) in [5, 5.41) is 14.2. The van der Waals surface area contributed by atoms with Crippen molar-refractivity contribution in [3.63, 3.8) is 0 Å². The molecule has 7 heteroatoms. The van der Waals surface area contributed by atoms with Crippen LogP contribution in [0.4, 0.5) is 5.69 Å². The molecule has 0 unspecified atom stereocenters. The molecule has 1 aromatic carbocycles. The number of thiophene rings is 1. The SMILES string of the molecule is O=[N+]([O-])c1ccc(CNCc2ccc(Cl)s2)c(Cl)c1. The van der Waals surface area contributed by atoms with E-state index in [2.05, 4.69) is 5.32 Å². The van der Waals surface area contributed by atoms with Crippen molar-refractivity contribution in [2.45, 2.75) is 13.1 Å². The van der Waals surface area contributed by atoms with Gasteiger partial charge in [-0.2, -0.15) is 0 Å². The molecule has 100 valence electrons.